The van der Waals surface area contributed by atoms with Crippen molar-refractivity contribution in [1.82, 2.24) is 4.90 Å². The summed E-state index contributed by atoms with van der Waals surface area (Å²) >= 11 is 0. The fourth-order valence-electron chi connectivity index (χ4n) is 2.07. The first-order chi connectivity index (χ1) is 4.79. The van der Waals surface area contributed by atoms with Gasteiger partial charge >= 0.3 is 0 Å². The van der Waals surface area contributed by atoms with Gasteiger partial charge in [0.15, 0.2) is 0 Å². The third kappa shape index (κ3) is 0.779. The zero-order valence-electron chi connectivity index (χ0n) is 5.90. The molecule has 2 heterocycles. The van der Waals surface area contributed by atoms with Gasteiger partial charge in [-0.1, -0.05) is 0 Å². The van der Waals surface area contributed by atoms with E-state index < -0.39 is 12.2 Å². The molecule has 0 aromatic carbocycles. The second kappa shape index (κ2) is 2.19. The van der Waals surface area contributed by atoms with E-state index in [0.29, 0.717) is 6.54 Å². The van der Waals surface area contributed by atoms with Crippen LogP contribution in [0.2, 0.25) is 0 Å². The fraction of sp³-hybridized carbons (Fsp3) is 1.00. The van der Waals surface area contributed by atoms with Gasteiger partial charge in [0.05, 0.1) is 12.2 Å². The Morgan fingerprint density at radius 1 is 1.30 bits per heavy atom. The van der Waals surface area contributed by atoms with E-state index >= 15 is 0 Å². The van der Waals surface area contributed by atoms with Crippen LogP contribution < -0.4 is 0 Å². The molecule has 2 aliphatic rings. The summed E-state index contributed by atoms with van der Waals surface area (Å²) in [4.78, 5) is 2.18. The highest BCUT2D eigenvalue weighted by Crippen LogP contribution is 2.27. The van der Waals surface area contributed by atoms with Gasteiger partial charge in [-0.3, -0.25) is 4.90 Å². The maximum atomic E-state index is 9.38. The van der Waals surface area contributed by atoms with Crippen LogP contribution in [-0.4, -0.2) is 46.5 Å². The predicted molar refractivity (Wildman–Crippen MR) is 36.6 cm³/mol. The molecule has 58 valence electrons. The highest BCUT2D eigenvalue weighted by atomic mass is 16.3. The summed E-state index contributed by atoms with van der Waals surface area (Å²) < 4.78 is 0. The lowest BCUT2D eigenvalue weighted by atomic mass is 10.1. The number of rotatable bonds is 0. The molecule has 0 spiro atoms. The Morgan fingerprint density at radius 2 is 2.10 bits per heavy atom. The molecule has 0 bridgehead atoms. The summed E-state index contributed by atoms with van der Waals surface area (Å²) in [5.74, 6) is 0. The first kappa shape index (κ1) is 6.58. The van der Waals surface area contributed by atoms with Crippen molar-refractivity contribution in [3.63, 3.8) is 0 Å². The average molecular weight is 143 g/mol. The summed E-state index contributed by atoms with van der Waals surface area (Å²) in [5.41, 5.74) is 0. The van der Waals surface area contributed by atoms with Crippen molar-refractivity contribution < 1.29 is 10.2 Å². The van der Waals surface area contributed by atoms with Gasteiger partial charge in [-0.25, -0.2) is 0 Å². The number of hydrogen-bond acceptors (Lipinski definition) is 3. The molecule has 0 amide bonds. The average Bonchev–Trinajstić information content (AvgIpc) is 2.41. The van der Waals surface area contributed by atoms with Crippen LogP contribution in [0.5, 0.6) is 0 Å². The van der Waals surface area contributed by atoms with Crippen LogP contribution in [-0.2, 0) is 0 Å². The predicted octanol–water partition coefficient (Wildman–Crippen LogP) is -0.814. The van der Waals surface area contributed by atoms with Gasteiger partial charge in [-0.15, -0.1) is 0 Å². The van der Waals surface area contributed by atoms with E-state index in [2.05, 4.69) is 4.90 Å². The second-order valence-corrected chi connectivity index (χ2v) is 3.26. The Kier molecular flexibility index (Phi) is 1.44. The summed E-state index contributed by atoms with van der Waals surface area (Å²) in [6.45, 7) is 1.73. The molecule has 0 radical (unpaired) electrons. The zero-order valence-corrected chi connectivity index (χ0v) is 5.90. The van der Waals surface area contributed by atoms with Crippen molar-refractivity contribution in [2.75, 3.05) is 13.1 Å². The topological polar surface area (TPSA) is 43.7 Å². The third-order valence-corrected chi connectivity index (χ3v) is 2.62. The molecule has 0 unspecified atom stereocenters. The zero-order chi connectivity index (χ0) is 7.14. The molecule has 0 saturated carbocycles. The van der Waals surface area contributed by atoms with Gasteiger partial charge in [0.2, 0.25) is 0 Å². The van der Waals surface area contributed by atoms with Gasteiger partial charge in [-0.05, 0) is 19.4 Å². The van der Waals surface area contributed by atoms with Crippen molar-refractivity contribution in [2.24, 2.45) is 0 Å². The quantitative estimate of drug-likeness (QED) is 0.466. The molecule has 0 aromatic heterocycles. The molecular weight excluding hydrogens is 130 g/mol. The van der Waals surface area contributed by atoms with E-state index in [1.807, 2.05) is 0 Å². The van der Waals surface area contributed by atoms with Crippen molar-refractivity contribution in [3.05, 3.63) is 0 Å². The van der Waals surface area contributed by atoms with Gasteiger partial charge in [0.1, 0.15) is 0 Å². The Balaban J connectivity index is 2.09. The molecule has 2 saturated heterocycles. The van der Waals surface area contributed by atoms with E-state index in [1.54, 1.807) is 0 Å². The summed E-state index contributed by atoms with van der Waals surface area (Å²) in [5, 5.41) is 18.6. The monoisotopic (exact) mass is 143 g/mol. The first-order valence-electron chi connectivity index (χ1n) is 3.89. The molecule has 2 rings (SSSR count). The van der Waals surface area contributed by atoms with Crippen molar-refractivity contribution in [2.45, 2.75) is 31.1 Å². The molecule has 3 atom stereocenters. The highest BCUT2D eigenvalue weighted by molar-refractivity contribution is 4.96. The molecule has 10 heavy (non-hydrogen) atoms. The van der Waals surface area contributed by atoms with Gasteiger partial charge in [0, 0.05) is 12.6 Å². The molecule has 2 N–H and O–H groups in total. The van der Waals surface area contributed by atoms with Crippen LogP contribution in [0, 0.1) is 0 Å². The van der Waals surface area contributed by atoms with Gasteiger partial charge < -0.3 is 10.2 Å². The Morgan fingerprint density at radius 3 is 2.80 bits per heavy atom. The summed E-state index contributed by atoms with van der Waals surface area (Å²) in [6, 6.07) is 0.259. The van der Waals surface area contributed by atoms with Crippen LogP contribution in [0.25, 0.3) is 0 Å². The smallest absolute Gasteiger partial charge is 0.0966 e. The van der Waals surface area contributed by atoms with E-state index in [4.69, 9.17) is 0 Å². The second-order valence-electron chi connectivity index (χ2n) is 3.26. The number of nitrogens with zero attached hydrogens (tertiary/aromatic N) is 1. The Hall–Kier alpha value is -0.120. The number of aliphatic hydroxyl groups is 2. The standard InChI is InChI=1S/C7H13NO2/c9-6-4-8-3-1-2-5(8)7(6)10/h5-7,9-10H,1-4H2/t5-,6+,7-/m0/s1. The van der Waals surface area contributed by atoms with Gasteiger partial charge in [-0.2, -0.15) is 0 Å². The third-order valence-electron chi connectivity index (χ3n) is 2.62. The minimum absolute atomic E-state index is 0.259. The van der Waals surface area contributed by atoms with Crippen LogP contribution in [0.4, 0.5) is 0 Å². The number of fused-ring (bicyclic) bond motifs is 1. The molecule has 2 aliphatic heterocycles. The van der Waals surface area contributed by atoms with Crippen LogP contribution in [0.1, 0.15) is 12.8 Å². The van der Waals surface area contributed by atoms with E-state index in [0.717, 1.165) is 13.0 Å². The van der Waals surface area contributed by atoms with E-state index in [-0.39, 0.29) is 6.04 Å². The molecular formula is C7H13NO2. The highest BCUT2D eigenvalue weighted by Gasteiger charge is 2.41. The molecule has 3 heteroatoms. The lowest BCUT2D eigenvalue weighted by Crippen LogP contribution is -2.30. The summed E-state index contributed by atoms with van der Waals surface area (Å²) in [7, 11) is 0. The minimum Gasteiger partial charge on any atom is -0.389 e. The van der Waals surface area contributed by atoms with Crippen LogP contribution in [0.15, 0.2) is 0 Å². The van der Waals surface area contributed by atoms with E-state index in [1.165, 1.54) is 6.42 Å². The van der Waals surface area contributed by atoms with Crippen LogP contribution in [0.3, 0.4) is 0 Å². The minimum atomic E-state index is -0.495. The number of hydrogen-bond donors (Lipinski definition) is 2. The number of aliphatic hydroxyl groups excluding tert-OH is 2. The molecule has 0 aliphatic carbocycles. The first-order valence-corrected chi connectivity index (χ1v) is 3.89. The fourth-order valence-corrected chi connectivity index (χ4v) is 2.07. The lowest BCUT2D eigenvalue weighted by molar-refractivity contribution is 0.0394. The maximum Gasteiger partial charge on any atom is 0.0966 e. The lowest BCUT2D eigenvalue weighted by Gasteiger charge is -2.14. The van der Waals surface area contributed by atoms with Crippen molar-refractivity contribution in [1.29, 1.82) is 0 Å². The molecule has 2 fully saturated rings. The largest absolute Gasteiger partial charge is 0.389 e. The van der Waals surface area contributed by atoms with Crippen molar-refractivity contribution in [3.8, 4) is 0 Å². The SMILES string of the molecule is O[C@@H]1[C@H](O)CN2CCC[C@@H]12. The molecule has 3 nitrogen and oxygen atoms in total. The molecule has 0 aromatic rings. The summed E-state index contributed by atoms with van der Waals surface area (Å²) in [6.07, 6.45) is 1.25. The Bertz CT molecular complexity index is 138. The van der Waals surface area contributed by atoms with Crippen LogP contribution >= 0.6 is 0 Å². The van der Waals surface area contributed by atoms with E-state index in [9.17, 15) is 10.2 Å². The normalized spacial score (nSPS) is 48.0. The Labute approximate surface area is 60.3 Å². The van der Waals surface area contributed by atoms with Gasteiger partial charge in [0.25, 0.3) is 0 Å². The van der Waals surface area contributed by atoms with Crippen molar-refractivity contribution >= 4 is 0 Å². The maximum absolute atomic E-state index is 9.38.